The van der Waals surface area contributed by atoms with Crippen molar-refractivity contribution in [2.24, 2.45) is 0 Å². The molecular formula is C34H63NO6S. The zero-order chi connectivity index (χ0) is 31.3. The monoisotopic (exact) mass is 613 g/mol. The predicted molar refractivity (Wildman–Crippen MR) is 176 cm³/mol. The van der Waals surface area contributed by atoms with Gasteiger partial charge in [-0.05, 0) is 38.5 Å². The molecule has 0 aromatic carbocycles. The van der Waals surface area contributed by atoms with Gasteiger partial charge in [0.25, 0.3) is 10.1 Å². The van der Waals surface area contributed by atoms with Crippen LogP contribution in [0.1, 0.15) is 149 Å². The fourth-order valence-electron chi connectivity index (χ4n) is 4.77. The summed E-state index contributed by atoms with van der Waals surface area (Å²) in [5.74, 6) is -1.57. The zero-order valence-electron chi connectivity index (χ0n) is 26.7. The molecule has 0 aromatic heterocycles. The van der Waals surface area contributed by atoms with E-state index in [1.165, 1.54) is 76.7 Å². The first-order valence-electron chi connectivity index (χ1n) is 16.8. The lowest BCUT2D eigenvalue weighted by atomic mass is 10.0. The zero-order valence-corrected chi connectivity index (χ0v) is 27.5. The molecule has 7 nitrogen and oxygen atoms in total. The van der Waals surface area contributed by atoms with Crippen molar-refractivity contribution in [2.45, 2.75) is 167 Å². The van der Waals surface area contributed by atoms with Crippen LogP contribution in [0.2, 0.25) is 0 Å². The first-order valence-corrected chi connectivity index (χ1v) is 18.4. The second kappa shape index (κ2) is 28.3. The molecule has 0 heterocycles. The average Bonchev–Trinajstić information content (AvgIpc) is 2.94. The molecule has 1 amide bonds. The molecule has 0 saturated carbocycles. The van der Waals surface area contributed by atoms with E-state index in [0.717, 1.165) is 44.9 Å². The van der Waals surface area contributed by atoms with Gasteiger partial charge < -0.3 is 15.5 Å². The number of amides is 1. The maximum absolute atomic E-state index is 12.5. The molecule has 0 saturated heterocycles. The Labute approximate surface area is 258 Å². The minimum Gasteiger partial charge on any atom is -0.387 e. The Morgan fingerprint density at radius 2 is 1.07 bits per heavy atom. The molecule has 0 radical (unpaired) electrons. The van der Waals surface area contributed by atoms with Gasteiger partial charge in [0.15, 0.2) is 0 Å². The molecule has 8 heteroatoms. The number of aliphatic hydroxyl groups excluding tert-OH is 2. The number of hydrogen-bond acceptors (Lipinski definition) is 5. The van der Waals surface area contributed by atoms with Crippen LogP contribution in [-0.2, 0) is 14.9 Å². The number of allylic oxidation sites excluding steroid dienone is 5. The number of aliphatic hydroxyl groups is 2. The van der Waals surface area contributed by atoms with Crippen molar-refractivity contribution < 1.29 is 28.0 Å². The fraction of sp³-hybridized carbons (Fsp3) is 0.794. The Hall–Kier alpha value is -1.48. The molecule has 4 N–H and O–H groups in total. The minimum atomic E-state index is -4.44. The van der Waals surface area contributed by atoms with E-state index in [2.05, 4.69) is 43.5 Å². The van der Waals surface area contributed by atoms with Crippen LogP contribution in [0.3, 0.4) is 0 Å². The molecule has 0 aromatic rings. The van der Waals surface area contributed by atoms with Crippen molar-refractivity contribution in [2.75, 3.05) is 5.75 Å². The Balaban J connectivity index is 4.25. The summed E-state index contributed by atoms with van der Waals surface area (Å²) in [4.78, 5) is 12.5. The van der Waals surface area contributed by atoms with Gasteiger partial charge >= 0.3 is 0 Å². The van der Waals surface area contributed by atoms with Crippen LogP contribution in [0, 0.1) is 0 Å². The molecule has 42 heavy (non-hydrogen) atoms. The third-order valence-electron chi connectivity index (χ3n) is 7.40. The Morgan fingerprint density at radius 3 is 1.55 bits per heavy atom. The van der Waals surface area contributed by atoms with Crippen LogP contribution < -0.4 is 5.32 Å². The van der Waals surface area contributed by atoms with Crippen LogP contribution in [0.4, 0.5) is 0 Å². The summed E-state index contributed by atoms with van der Waals surface area (Å²) in [6.07, 6.45) is 32.0. The van der Waals surface area contributed by atoms with Crippen LogP contribution >= 0.6 is 0 Å². The van der Waals surface area contributed by atoms with Crippen molar-refractivity contribution in [3.8, 4) is 0 Å². The maximum Gasteiger partial charge on any atom is 0.267 e. The van der Waals surface area contributed by atoms with Gasteiger partial charge in [-0.25, -0.2) is 0 Å². The summed E-state index contributed by atoms with van der Waals surface area (Å²) < 4.78 is 32.3. The van der Waals surface area contributed by atoms with E-state index in [4.69, 9.17) is 0 Å². The van der Waals surface area contributed by atoms with Crippen molar-refractivity contribution in [3.63, 3.8) is 0 Å². The highest BCUT2D eigenvalue weighted by Crippen LogP contribution is 2.14. The third kappa shape index (κ3) is 27.4. The molecule has 0 aliphatic rings. The summed E-state index contributed by atoms with van der Waals surface area (Å²) in [5, 5.41) is 23.2. The number of unbranched alkanes of at least 4 members (excludes halogenated alkanes) is 16. The summed E-state index contributed by atoms with van der Waals surface area (Å²) in [6, 6.07) is -1.25. The molecule has 0 bridgehead atoms. The molecule has 0 aliphatic heterocycles. The van der Waals surface area contributed by atoms with E-state index in [0.29, 0.717) is 12.8 Å². The Morgan fingerprint density at radius 1 is 0.643 bits per heavy atom. The molecule has 0 rings (SSSR count). The normalized spacial score (nSPS) is 14.7. The molecule has 3 unspecified atom stereocenters. The van der Waals surface area contributed by atoms with Gasteiger partial charge in [-0.3, -0.25) is 9.35 Å². The second-order valence-electron chi connectivity index (χ2n) is 11.6. The number of rotatable bonds is 29. The highest BCUT2D eigenvalue weighted by atomic mass is 32.2. The minimum absolute atomic E-state index is 0.273. The van der Waals surface area contributed by atoms with Crippen molar-refractivity contribution in [1.29, 1.82) is 0 Å². The van der Waals surface area contributed by atoms with Gasteiger partial charge in [0.05, 0.1) is 17.9 Å². The van der Waals surface area contributed by atoms with Crippen LogP contribution in [0.25, 0.3) is 0 Å². The van der Waals surface area contributed by atoms with E-state index >= 15 is 0 Å². The summed E-state index contributed by atoms with van der Waals surface area (Å²) in [7, 11) is -4.44. The third-order valence-corrected chi connectivity index (χ3v) is 8.19. The van der Waals surface area contributed by atoms with Gasteiger partial charge in [0.1, 0.15) is 6.10 Å². The van der Waals surface area contributed by atoms with E-state index in [-0.39, 0.29) is 6.42 Å². The van der Waals surface area contributed by atoms with Gasteiger partial charge in [0.2, 0.25) is 5.91 Å². The first-order chi connectivity index (χ1) is 20.2. The topological polar surface area (TPSA) is 124 Å². The molecular weight excluding hydrogens is 550 g/mol. The second-order valence-corrected chi connectivity index (χ2v) is 13.1. The highest BCUT2D eigenvalue weighted by Gasteiger charge is 2.27. The summed E-state index contributed by atoms with van der Waals surface area (Å²) in [6.45, 7) is 4.42. The molecule has 0 spiro atoms. The van der Waals surface area contributed by atoms with E-state index in [1.54, 1.807) is 6.08 Å². The fourth-order valence-corrected chi connectivity index (χ4v) is 5.50. The molecule has 0 fully saturated rings. The number of nitrogens with one attached hydrogen (secondary N) is 1. The lowest BCUT2D eigenvalue weighted by Gasteiger charge is -2.22. The highest BCUT2D eigenvalue weighted by molar-refractivity contribution is 7.85. The van der Waals surface area contributed by atoms with Crippen LogP contribution in [0.15, 0.2) is 36.5 Å². The molecule has 0 aliphatic carbocycles. The van der Waals surface area contributed by atoms with Crippen molar-refractivity contribution in [1.82, 2.24) is 5.32 Å². The van der Waals surface area contributed by atoms with E-state index in [9.17, 15) is 28.0 Å². The van der Waals surface area contributed by atoms with Gasteiger partial charge in [-0.15, -0.1) is 0 Å². The van der Waals surface area contributed by atoms with E-state index in [1.807, 2.05) is 0 Å². The number of carbonyl (C=O) groups excluding carboxylic acids is 1. The quantitative estimate of drug-likeness (QED) is 0.0385. The van der Waals surface area contributed by atoms with Gasteiger partial charge in [-0.1, -0.05) is 147 Å². The van der Waals surface area contributed by atoms with Crippen molar-refractivity contribution in [3.05, 3.63) is 36.5 Å². The average molecular weight is 614 g/mol. The standard InChI is InChI=1S/C34H63NO6S/c1-3-5-7-9-11-13-15-17-19-21-23-25-27-29-33(37)34(38)35-31(30-42(39,40)41)32(36)28-26-24-22-20-18-16-14-12-10-8-6-4-2/h10,12,18,20,26,28,31-33,36-37H,3-9,11,13-17,19,21-25,27,29-30H2,1-2H3,(H,35,38)(H,39,40,41)/b12-10+,20-18+,28-26+. The molecule has 246 valence electrons. The number of hydrogen-bond donors (Lipinski definition) is 4. The Bertz CT molecular complexity index is 824. The smallest absolute Gasteiger partial charge is 0.267 e. The molecule has 3 atom stereocenters. The van der Waals surface area contributed by atoms with Crippen LogP contribution in [-0.4, -0.2) is 53.1 Å². The largest absolute Gasteiger partial charge is 0.387 e. The lowest BCUT2D eigenvalue weighted by Crippen LogP contribution is -2.50. The van der Waals surface area contributed by atoms with Crippen LogP contribution in [0.5, 0.6) is 0 Å². The first kappa shape index (κ1) is 40.5. The van der Waals surface area contributed by atoms with Gasteiger partial charge in [0, 0.05) is 0 Å². The summed E-state index contributed by atoms with van der Waals surface area (Å²) in [5.41, 5.74) is 0. The van der Waals surface area contributed by atoms with Crippen molar-refractivity contribution >= 4 is 16.0 Å². The Kier molecular flexibility index (Phi) is 27.3. The maximum atomic E-state index is 12.5. The van der Waals surface area contributed by atoms with Gasteiger partial charge in [-0.2, -0.15) is 8.42 Å². The SMILES string of the molecule is CCCC/C=C/CC/C=C/CC/C=C/C(O)C(CS(=O)(=O)O)NC(=O)C(O)CCCCCCCCCCCCCCC. The lowest BCUT2D eigenvalue weighted by molar-refractivity contribution is -0.130. The number of carbonyl (C=O) groups is 1. The summed E-state index contributed by atoms with van der Waals surface area (Å²) >= 11 is 0. The predicted octanol–water partition coefficient (Wildman–Crippen LogP) is 7.98. The van der Waals surface area contributed by atoms with E-state index < -0.39 is 40.0 Å².